The lowest BCUT2D eigenvalue weighted by molar-refractivity contribution is 1.10. The Labute approximate surface area is 223 Å². The average molecular weight is 499 g/mol. The predicted octanol–water partition coefficient (Wildman–Crippen LogP) is 8.68. The zero-order chi connectivity index (χ0) is 25.5. The molecule has 0 amide bonds. The van der Waals surface area contributed by atoms with Crippen molar-refractivity contribution in [2.75, 3.05) is 0 Å². The van der Waals surface area contributed by atoms with Crippen molar-refractivity contribution in [3.8, 4) is 11.4 Å². The maximum atomic E-state index is 5.02. The molecular weight excluding hydrogens is 476 g/mol. The second-order valence-corrected chi connectivity index (χ2v) is 10.1. The van der Waals surface area contributed by atoms with Crippen LogP contribution in [-0.4, -0.2) is 18.5 Å². The second-order valence-electron chi connectivity index (χ2n) is 10.1. The lowest BCUT2D eigenvalue weighted by atomic mass is 10.0. The largest absolute Gasteiger partial charge is 0.309 e. The Balaban J connectivity index is 1.46. The van der Waals surface area contributed by atoms with E-state index >= 15 is 0 Å². The van der Waals surface area contributed by atoms with Crippen molar-refractivity contribution in [3.05, 3.63) is 134 Å². The summed E-state index contributed by atoms with van der Waals surface area (Å²) >= 11 is 0. The number of hydrogen-bond donors (Lipinski definition) is 0. The van der Waals surface area contributed by atoms with Crippen LogP contribution in [0, 0.1) is 0 Å². The SMILES string of the molecule is c1ccc(-n2c3ccc(-n4c5ccccc5c5nc6ccccn6c54)cc3c3c4ccccc4ccc32)cc1. The molecule has 9 rings (SSSR count). The van der Waals surface area contributed by atoms with Crippen molar-refractivity contribution in [3.63, 3.8) is 0 Å². The molecule has 0 bridgehead atoms. The Morgan fingerprint density at radius 3 is 2.15 bits per heavy atom. The number of hydrogen-bond acceptors (Lipinski definition) is 1. The normalized spacial score (nSPS) is 12.1. The van der Waals surface area contributed by atoms with Crippen molar-refractivity contribution in [2.45, 2.75) is 0 Å². The first-order valence-corrected chi connectivity index (χ1v) is 13.2. The Morgan fingerprint density at radius 2 is 1.23 bits per heavy atom. The van der Waals surface area contributed by atoms with Gasteiger partial charge in [-0.15, -0.1) is 0 Å². The van der Waals surface area contributed by atoms with E-state index in [-0.39, 0.29) is 0 Å². The molecule has 0 unspecified atom stereocenters. The lowest BCUT2D eigenvalue weighted by Crippen LogP contribution is -1.98. The van der Waals surface area contributed by atoms with Gasteiger partial charge < -0.3 is 4.57 Å². The van der Waals surface area contributed by atoms with Gasteiger partial charge in [0.15, 0.2) is 5.65 Å². The van der Waals surface area contributed by atoms with Crippen molar-refractivity contribution < 1.29 is 0 Å². The van der Waals surface area contributed by atoms with Crippen LogP contribution in [0.5, 0.6) is 0 Å². The summed E-state index contributed by atoms with van der Waals surface area (Å²) in [5.74, 6) is 0. The van der Waals surface area contributed by atoms with Gasteiger partial charge in [0, 0.05) is 33.7 Å². The van der Waals surface area contributed by atoms with Crippen molar-refractivity contribution >= 4 is 60.3 Å². The number of para-hydroxylation sites is 2. The molecule has 0 radical (unpaired) electrons. The molecule has 182 valence electrons. The highest BCUT2D eigenvalue weighted by Crippen LogP contribution is 2.39. The van der Waals surface area contributed by atoms with Gasteiger partial charge in [-0.25, -0.2) is 4.98 Å². The second kappa shape index (κ2) is 7.59. The lowest BCUT2D eigenvalue weighted by Gasteiger charge is -2.10. The summed E-state index contributed by atoms with van der Waals surface area (Å²) in [6.45, 7) is 0. The first kappa shape index (κ1) is 20.7. The quantitative estimate of drug-likeness (QED) is 0.234. The van der Waals surface area contributed by atoms with Gasteiger partial charge in [-0.1, -0.05) is 72.8 Å². The van der Waals surface area contributed by atoms with E-state index in [2.05, 4.69) is 141 Å². The fourth-order valence-electron chi connectivity index (χ4n) is 6.39. The number of benzene rings is 5. The molecule has 4 heteroatoms. The van der Waals surface area contributed by atoms with Gasteiger partial charge in [0.2, 0.25) is 0 Å². The van der Waals surface area contributed by atoms with Gasteiger partial charge in [0.1, 0.15) is 11.2 Å². The summed E-state index contributed by atoms with van der Waals surface area (Å²) < 4.78 is 6.95. The number of imidazole rings is 1. The van der Waals surface area contributed by atoms with Crippen LogP contribution in [0.2, 0.25) is 0 Å². The van der Waals surface area contributed by atoms with Gasteiger partial charge >= 0.3 is 0 Å². The molecule has 0 saturated heterocycles. The van der Waals surface area contributed by atoms with Crippen molar-refractivity contribution in [1.29, 1.82) is 0 Å². The highest BCUT2D eigenvalue weighted by molar-refractivity contribution is 6.21. The Bertz CT molecular complexity index is 2380. The average Bonchev–Trinajstić information content (AvgIpc) is 3.64. The molecule has 0 saturated carbocycles. The smallest absolute Gasteiger partial charge is 0.150 e. The third kappa shape index (κ3) is 2.75. The van der Waals surface area contributed by atoms with E-state index in [0.29, 0.717) is 0 Å². The Kier molecular flexibility index (Phi) is 4.02. The first-order valence-electron chi connectivity index (χ1n) is 13.2. The van der Waals surface area contributed by atoms with E-state index in [4.69, 9.17) is 4.98 Å². The monoisotopic (exact) mass is 498 g/mol. The van der Waals surface area contributed by atoms with Gasteiger partial charge in [0.25, 0.3) is 0 Å². The molecule has 5 aromatic carbocycles. The van der Waals surface area contributed by atoms with E-state index < -0.39 is 0 Å². The zero-order valence-corrected chi connectivity index (χ0v) is 21.0. The van der Waals surface area contributed by atoms with Crippen LogP contribution in [0.15, 0.2) is 134 Å². The van der Waals surface area contributed by atoms with Crippen LogP contribution in [-0.2, 0) is 0 Å². The number of rotatable bonds is 2. The van der Waals surface area contributed by atoms with Crippen molar-refractivity contribution in [2.24, 2.45) is 0 Å². The molecule has 0 spiro atoms. The molecule has 0 N–H and O–H groups in total. The Morgan fingerprint density at radius 1 is 0.487 bits per heavy atom. The molecule has 0 aliphatic carbocycles. The van der Waals surface area contributed by atoms with E-state index in [0.717, 1.165) is 39.1 Å². The summed E-state index contributed by atoms with van der Waals surface area (Å²) in [7, 11) is 0. The van der Waals surface area contributed by atoms with Crippen LogP contribution < -0.4 is 0 Å². The zero-order valence-electron chi connectivity index (χ0n) is 21.0. The third-order valence-electron chi connectivity index (χ3n) is 8.03. The fourth-order valence-corrected chi connectivity index (χ4v) is 6.39. The molecule has 4 nitrogen and oxygen atoms in total. The van der Waals surface area contributed by atoms with Gasteiger partial charge in [0.05, 0.1) is 16.6 Å². The summed E-state index contributed by atoms with van der Waals surface area (Å²) in [6.07, 6.45) is 2.10. The summed E-state index contributed by atoms with van der Waals surface area (Å²) in [6, 6.07) is 45.5. The maximum absolute atomic E-state index is 5.02. The maximum Gasteiger partial charge on any atom is 0.150 e. The number of nitrogens with zero attached hydrogens (tertiary/aromatic N) is 4. The minimum atomic E-state index is 0.953. The first-order chi connectivity index (χ1) is 19.4. The van der Waals surface area contributed by atoms with E-state index in [1.807, 2.05) is 6.07 Å². The molecule has 39 heavy (non-hydrogen) atoms. The number of fused-ring (bicyclic) bond motifs is 10. The minimum absolute atomic E-state index is 0.953. The van der Waals surface area contributed by atoms with Crippen LogP contribution >= 0.6 is 0 Å². The van der Waals surface area contributed by atoms with Crippen LogP contribution in [0.3, 0.4) is 0 Å². The fraction of sp³-hybridized carbons (Fsp3) is 0. The van der Waals surface area contributed by atoms with Gasteiger partial charge in [-0.3, -0.25) is 8.97 Å². The van der Waals surface area contributed by atoms with E-state index in [1.54, 1.807) is 0 Å². The van der Waals surface area contributed by atoms with Gasteiger partial charge in [-0.2, -0.15) is 0 Å². The Hall–Kier alpha value is -5.35. The van der Waals surface area contributed by atoms with E-state index in [1.165, 1.54) is 32.6 Å². The standard InChI is InChI=1S/C35H22N4/c1-2-11-24(12-3-1)38-30-20-18-25(22-28(30)33-26-13-5-4-10-23(26)17-19-31(33)38)39-29-15-7-6-14-27(29)34-35(39)37-21-9-8-16-32(37)36-34/h1-22H. The molecular formula is C35H22N4. The molecule has 0 aliphatic rings. The number of aromatic nitrogens is 4. The molecule has 0 atom stereocenters. The van der Waals surface area contributed by atoms with Gasteiger partial charge in [-0.05, 0) is 65.4 Å². The summed E-state index contributed by atoms with van der Waals surface area (Å²) in [5.41, 5.74) is 8.91. The van der Waals surface area contributed by atoms with Crippen LogP contribution in [0.25, 0.3) is 71.7 Å². The summed E-state index contributed by atoms with van der Waals surface area (Å²) in [4.78, 5) is 5.02. The molecule has 4 heterocycles. The topological polar surface area (TPSA) is 27.2 Å². The third-order valence-corrected chi connectivity index (χ3v) is 8.03. The van der Waals surface area contributed by atoms with Crippen molar-refractivity contribution in [1.82, 2.24) is 18.5 Å². The number of pyridine rings is 1. The molecule has 0 aliphatic heterocycles. The minimum Gasteiger partial charge on any atom is -0.309 e. The summed E-state index contributed by atoms with van der Waals surface area (Å²) in [5, 5.41) is 6.19. The highest BCUT2D eigenvalue weighted by atomic mass is 15.1. The molecule has 9 aromatic rings. The van der Waals surface area contributed by atoms with Crippen LogP contribution in [0.4, 0.5) is 0 Å². The highest BCUT2D eigenvalue weighted by Gasteiger charge is 2.20. The molecule has 0 fully saturated rings. The van der Waals surface area contributed by atoms with E-state index in [9.17, 15) is 0 Å². The van der Waals surface area contributed by atoms with Crippen LogP contribution in [0.1, 0.15) is 0 Å². The predicted molar refractivity (Wildman–Crippen MR) is 161 cm³/mol. The molecule has 4 aromatic heterocycles.